The van der Waals surface area contributed by atoms with Gasteiger partial charge in [-0.3, -0.25) is 14.8 Å². The highest BCUT2D eigenvalue weighted by molar-refractivity contribution is 5.97. The Balaban J connectivity index is 1.36. The van der Waals surface area contributed by atoms with Crippen LogP contribution in [-0.4, -0.2) is 36.0 Å². The van der Waals surface area contributed by atoms with E-state index in [0.717, 1.165) is 49.3 Å². The molecule has 3 aromatic rings. The minimum Gasteiger partial charge on any atom is -0.383 e. The summed E-state index contributed by atoms with van der Waals surface area (Å²) in [4.78, 5) is 23.4. The number of fused-ring (bicyclic) bond motifs is 1. The number of pyridine rings is 2. The molecule has 1 aliphatic carbocycles. The summed E-state index contributed by atoms with van der Waals surface area (Å²) in [6, 6.07) is 16.2. The third kappa shape index (κ3) is 5.27. The van der Waals surface area contributed by atoms with Crippen molar-refractivity contribution in [1.29, 1.82) is 0 Å². The molecule has 6 heteroatoms. The highest BCUT2D eigenvalue weighted by atomic mass is 16.2. The molecule has 2 heterocycles. The van der Waals surface area contributed by atoms with Crippen LogP contribution in [0.25, 0.3) is 0 Å². The number of likely N-dealkylation sites (N-methyl/N-ethyl adjacent to an activating group) is 1. The molecule has 160 valence electrons. The zero-order chi connectivity index (χ0) is 21.5. The molecule has 1 atom stereocenters. The first kappa shape index (κ1) is 21.0. The monoisotopic (exact) mass is 415 g/mol. The fourth-order valence-corrected chi connectivity index (χ4v) is 4.07. The van der Waals surface area contributed by atoms with E-state index in [1.54, 1.807) is 11.1 Å². The lowest BCUT2D eigenvalue weighted by Gasteiger charge is -2.27. The smallest absolute Gasteiger partial charge is 0.240 e. The Labute approximate surface area is 183 Å². The van der Waals surface area contributed by atoms with Crippen molar-refractivity contribution in [3.05, 3.63) is 83.9 Å². The van der Waals surface area contributed by atoms with Gasteiger partial charge in [0.15, 0.2) is 0 Å². The van der Waals surface area contributed by atoms with E-state index >= 15 is 0 Å². The van der Waals surface area contributed by atoms with Crippen LogP contribution in [0.15, 0.2) is 67.1 Å². The Kier molecular flexibility index (Phi) is 6.89. The topological polar surface area (TPSA) is 70.2 Å². The van der Waals surface area contributed by atoms with Crippen molar-refractivity contribution in [3.8, 4) is 0 Å². The first-order chi connectivity index (χ1) is 15.2. The summed E-state index contributed by atoms with van der Waals surface area (Å²) in [5, 5.41) is 6.90. The molecule has 0 fully saturated rings. The minimum absolute atomic E-state index is 0.0320. The third-order valence-corrected chi connectivity index (χ3v) is 5.79. The quantitative estimate of drug-likeness (QED) is 0.586. The minimum atomic E-state index is 0.0320. The Morgan fingerprint density at radius 1 is 1.13 bits per heavy atom. The predicted molar refractivity (Wildman–Crippen MR) is 124 cm³/mol. The number of carbonyl (C=O) groups is 1. The van der Waals surface area contributed by atoms with E-state index in [-0.39, 0.29) is 18.5 Å². The molecule has 1 aliphatic rings. The fraction of sp³-hybridized carbons (Fsp3) is 0.320. The first-order valence-electron chi connectivity index (χ1n) is 10.9. The molecule has 0 bridgehead atoms. The average Bonchev–Trinajstić information content (AvgIpc) is 2.83. The molecule has 2 N–H and O–H groups in total. The number of hydrogen-bond donors (Lipinski definition) is 2. The Hall–Kier alpha value is -3.25. The summed E-state index contributed by atoms with van der Waals surface area (Å²) >= 11 is 0. The molecule has 6 nitrogen and oxygen atoms in total. The highest BCUT2D eigenvalue weighted by Gasteiger charge is 2.22. The van der Waals surface area contributed by atoms with E-state index in [1.165, 1.54) is 11.1 Å². The molecule has 0 saturated carbocycles. The summed E-state index contributed by atoms with van der Waals surface area (Å²) < 4.78 is 0. The molecular weight excluding hydrogens is 386 g/mol. The van der Waals surface area contributed by atoms with Crippen molar-refractivity contribution in [2.75, 3.05) is 30.4 Å². The van der Waals surface area contributed by atoms with Crippen LogP contribution in [0.1, 0.15) is 35.7 Å². The fourth-order valence-electron chi connectivity index (χ4n) is 4.07. The van der Waals surface area contributed by atoms with Crippen LogP contribution >= 0.6 is 0 Å². The number of aromatic nitrogens is 2. The maximum atomic E-state index is 13.0. The number of hydrogen-bond acceptors (Lipinski definition) is 5. The number of rotatable bonds is 8. The molecular formula is C25H29N5O. The largest absolute Gasteiger partial charge is 0.383 e. The van der Waals surface area contributed by atoms with Crippen molar-refractivity contribution >= 4 is 17.3 Å². The van der Waals surface area contributed by atoms with E-state index in [2.05, 4.69) is 32.7 Å². The van der Waals surface area contributed by atoms with E-state index in [4.69, 9.17) is 0 Å². The molecule has 0 radical (unpaired) electrons. The number of anilines is 2. The number of para-hydroxylation sites is 2. The van der Waals surface area contributed by atoms with Gasteiger partial charge < -0.3 is 15.5 Å². The predicted octanol–water partition coefficient (Wildman–Crippen LogP) is 3.76. The van der Waals surface area contributed by atoms with Crippen LogP contribution in [0.4, 0.5) is 11.4 Å². The van der Waals surface area contributed by atoms with Crippen molar-refractivity contribution in [3.63, 3.8) is 0 Å². The van der Waals surface area contributed by atoms with Crippen LogP contribution in [0.5, 0.6) is 0 Å². The second-order valence-electron chi connectivity index (χ2n) is 7.88. The molecule has 0 spiro atoms. The summed E-state index contributed by atoms with van der Waals surface area (Å²) in [6.45, 7) is 1.05. The SMILES string of the molecule is CN(C(=O)CNC1CCCc2cccnc21)c1ccccc1NCCc1cccnc1. The van der Waals surface area contributed by atoms with Gasteiger partial charge in [0.25, 0.3) is 0 Å². The van der Waals surface area contributed by atoms with E-state index < -0.39 is 0 Å². The Morgan fingerprint density at radius 2 is 2.00 bits per heavy atom. The molecule has 1 unspecified atom stereocenters. The van der Waals surface area contributed by atoms with Gasteiger partial charge in [-0.1, -0.05) is 24.3 Å². The summed E-state index contributed by atoms with van der Waals surface area (Å²) in [5.41, 5.74) is 5.38. The number of amides is 1. The Bertz CT molecular complexity index is 1010. The van der Waals surface area contributed by atoms with Gasteiger partial charge in [0.1, 0.15) is 0 Å². The number of benzene rings is 1. The van der Waals surface area contributed by atoms with E-state index in [9.17, 15) is 4.79 Å². The lowest BCUT2D eigenvalue weighted by Crippen LogP contribution is -2.38. The Morgan fingerprint density at radius 3 is 2.87 bits per heavy atom. The number of carbonyl (C=O) groups excluding carboxylic acids is 1. The van der Waals surface area contributed by atoms with E-state index in [1.807, 2.05) is 55.8 Å². The van der Waals surface area contributed by atoms with Gasteiger partial charge >= 0.3 is 0 Å². The van der Waals surface area contributed by atoms with Gasteiger partial charge in [-0.2, -0.15) is 0 Å². The molecule has 2 aromatic heterocycles. The lowest BCUT2D eigenvalue weighted by atomic mass is 9.92. The summed E-state index contributed by atoms with van der Waals surface area (Å²) in [5.74, 6) is 0.0320. The maximum Gasteiger partial charge on any atom is 0.240 e. The number of aryl methyl sites for hydroxylation is 1. The van der Waals surface area contributed by atoms with Crippen molar-refractivity contribution in [1.82, 2.24) is 15.3 Å². The second kappa shape index (κ2) is 10.2. The molecule has 0 aliphatic heterocycles. The highest BCUT2D eigenvalue weighted by Crippen LogP contribution is 2.28. The standard InChI is InChI=1S/C25H29N5O/c1-30(24(31)18-29-22-11-4-8-20-9-6-15-28-25(20)22)23-12-3-2-10-21(23)27-16-13-19-7-5-14-26-17-19/h2-3,5-7,9-10,12,14-15,17,22,27,29H,4,8,11,13,16,18H2,1H3. The number of nitrogens with one attached hydrogen (secondary N) is 2. The van der Waals surface area contributed by atoms with Gasteiger partial charge in [-0.15, -0.1) is 0 Å². The third-order valence-electron chi connectivity index (χ3n) is 5.79. The lowest BCUT2D eigenvalue weighted by molar-refractivity contribution is -0.117. The van der Waals surface area contributed by atoms with Gasteiger partial charge in [-0.05, 0) is 61.1 Å². The van der Waals surface area contributed by atoms with Crippen molar-refractivity contribution in [2.24, 2.45) is 0 Å². The first-order valence-corrected chi connectivity index (χ1v) is 10.9. The molecule has 1 amide bonds. The van der Waals surface area contributed by atoms with Gasteiger partial charge in [-0.25, -0.2) is 0 Å². The second-order valence-corrected chi connectivity index (χ2v) is 7.88. The zero-order valence-corrected chi connectivity index (χ0v) is 17.9. The van der Waals surface area contributed by atoms with Crippen molar-refractivity contribution < 1.29 is 4.79 Å². The maximum absolute atomic E-state index is 13.0. The van der Waals surface area contributed by atoms with Crippen LogP contribution in [-0.2, 0) is 17.6 Å². The van der Waals surface area contributed by atoms with Crippen LogP contribution in [0.2, 0.25) is 0 Å². The van der Waals surface area contributed by atoms with Gasteiger partial charge in [0.2, 0.25) is 5.91 Å². The van der Waals surface area contributed by atoms with Crippen LogP contribution in [0.3, 0.4) is 0 Å². The molecule has 0 saturated heterocycles. The molecule has 4 rings (SSSR count). The normalized spacial score (nSPS) is 15.2. The molecule has 31 heavy (non-hydrogen) atoms. The molecule has 1 aromatic carbocycles. The van der Waals surface area contributed by atoms with Crippen LogP contribution in [0, 0.1) is 0 Å². The van der Waals surface area contributed by atoms with Gasteiger partial charge in [0.05, 0.1) is 29.7 Å². The average molecular weight is 416 g/mol. The number of nitrogens with zero attached hydrogens (tertiary/aromatic N) is 3. The summed E-state index contributed by atoms with van der Waals surface area (Å²) in [6.07, 6.45) is 9.55. The summed E-state index contributed by atoms with van der Waals surface area (Å²) in [7, 11) is 1.83. The zero-order valence-electron chi connectivity index (χ0n) is 17.9. The van der Waals surface area contributed by atoms with Crippen molar-refractivity contribution in [2.45, 2.75) is 31.7 Å². The van der Waals surface area contributed by atoms with E-state index in [0.29, 0.717) is 0 Å². The van der Waals surface area contributed by atoms with Gasteiger partial charge in [0, 0.05) is 32.2 Å². The van der Waals surface area contributed by atoms with Crippen LogP contribution < -0.4 is 15.5 Å².